The van der Waals surface area contributed by atoms with Gasteiger partial charge in [0.15, 0.2) is 0 Å². The molecule has 30 heavy (non-hydrogen) atoms. The molecule has 0 radical (unpaired) electrons. The molecule has 4 N–H and O–H groups in total. The third-order valence-electron chi connectivity index (χ3n) is 5.26. The van der Waals surface area contributed by atoms with Crippen LogP contribution < -0.4 is 21.1 Å². The second-order valence-electron chi connectivity index (χ2n) is 7.52. The van der Waals surface area contributed by atoms with Gasteiger partial charge in [0.25, 0.3) is 0 Å². The van der Waals surface area contributed by atoms with Crippen molar-refractivity contribution < 1.29 is 18.7 Å². The molecule has 0 spiro atoms. The molecule has 1 amide bonds. The van der Waals surface area contributed by atoms with E-state index in [-0.39, 0.29) is 40.7 Å². The highest BCUT2D eigenvalue weighted by Gasteiger charge is 2.24. The molecule has 160 valence electrons. The number of aryl methyl sites for hydroxylation is 1. The molecule has 2 aromatic rings. The number of ketones is 1. The van der Waals surface area contributed by atoms with Gasteiger partial charge < -0.3 is 21.1 Å². The zero-order chi connectivity index (χ0) is 21.8. The van der Waals surface area contributed by atoms with E-state index in [2.05, 4.69) is 20.6 Å². The third kappa shape index (κ3) is 4.84. The molecule has 1 saturated carbocycles. The van der Waals surface area contributed by atoms with E-state index in [1.54, 1.807) is 6.92 Å². The summed E-state index contributed by atoms with van der Waals surface area (Å²) in [6.45, 7) is 3.11. The van der Waals surface area contributed by atoms with Crippen molar-refractivity contribution in [1.29, 1.82) is 0 Å². The van der Waals surface area contributed by atoms with E-state index in [1.807, 2.05) is 0 Å². The van der Waals surface area contributed by atoms with Gasteiger partial charge in [-0.05, 0) is 50.3 Å². The average molecular weight is 415 g/mol. The Morgan fingerprint density at radius 1 is 1.17 bits per heavy atom. The van der Waals surface area contributed by atoms with Crippen molar-refractivity contribution in [2.75, 3.05) is 18.2 Å². The number of benzene rings is 1. The number of nitrogen functional groups attached to an aromatic ring is 1. The Morgan fingerprint density at radius 2 is 1.83 bits per heavy atom. The lowest BCUT2D eigenvalue weighted by molar-refractivity contribution is -0.119. The maximum Gasteiger partial charge on any atom is 0.224 e. The summed E-state index contributed by atoms with van der Waals surface area (Å²) in [5, 5.41) is 6.16. The number of hydrogen-bond acceptors (Lipinski definition) is 7. The first-order valence-corrected chi connectivity index (χ1v) is 9.83. The Morgan fingerprint density at radius 3 is 2.43 bits per heavy atom. The number of nitrogens with two attached hydrogens (primary N) is 1. The van der Waals surface area contributed by atoms with Crippen molar-refractivity contribution in [3.8, 4) is 5.75 Å². The van der Waals surface area contributed by atoms with E-state index in [1.165, 1.54) is 26.3 Å². The number of ether oxygens (including phenoxy) is 1. The molecule has 8 nitrogen and oxygen atoms in total. The lowest BCUT2D eigenvalue weighted by Crippen LogP contribution is -2.39. The fraction of sp³-hybridized carbons (Fsp3) is 0.429. The van der Waals surface area contributed by atoms with Crippen LogP contribution in [0, 0.1) is 12.7 Å². The van der Waals surface area contributed by atoms with Crippen molar-refractivity contribution in [2.24, 2.45) is 0 Å². The normalized spacial score (nSPS) is 18.5. The van der Waals surface area contributed by atoms with Crippen LogP contribution in [0.1, 0.15) is 54.1 Å². The number of hydrogen-bond donors (Lipinski definition) is 3. The molecule has 1 aromatic carbocycles. The minimum atomic E-state index is -0.509. The van der Waals surface area contributed by atoms with Crippen LogP contribution in [0.2, 0.25) is 0 Å². The second kappa shape index (κ2) is 9.06. The number of rotatable bonds is 6. The van der Waals surface area contributed by atoms with Gasteiger partial charge in [-0.15, -0.1) is 0 Å². The number of nitrogens with one attached hydrogen (secondary N) is 2. The summed E-state index contributed by atoms with van der Waals surface area (Å²) in [7, 11) is 1.41. The Hall–Kier alpha value is -3.23. The van der Waals surface area contributed by atoms with Gasteiger partial charge in [-0.3, -0.25) is 9.59 Å². The lowest BCUT2D eigenvalue weighted by atomic mass is 9.91. The molecule has 1 aliphatic rings. The van der Waals surface area contributed by atoms with E-state index in [9.17, 15) is 14.0 Å². The zero-order valence-corrected chi connectivity index (χ0v) is 17.3. The molecule has 0 saturated heterocycles. The molecule has 1 aliphatic carbocycles. The Balaban J connectivity index is 1.71. The first kappa shape index (κ1) is 21.5. The van der Waals surface area contributed by atoms with E-state index in [4.69, 9.17) is 10.5 Å². The smallest absolute Gasteiger partial charge is 0.224 e. The number of methoxy groups -OCH3 is 1. The van der Waals surface area contributed by atoms with Crippen LogP contribution in [-0.2, 0) is 4.79 Å². The van der Waals surface area contributed by atoms with E-state index in [0.717, 1.165) is 31.7 Å². The van der Waals surface area contributed by atoms with Crippen molar-refractivity contribution in [3.05, 3.63) is 40.8 Å². The van der Waals surface area contributed by atoms with Crippen LogP contribution in [0.3, 0.4) is 0 Å². The molecular weight excluding hydrogens is 389 g/mol. The molecular formula is C21H26FN5O3. The maximum absolute atomic E-state index is 14.0. The van der Waals surface area contributed by atoms with Gasteiger partial charge in [-0.1, -0.05) is 0 Å². The number of halogens is 1. The number of carbonyl (C=O) groups is 2. The van der Waals surface area contributed by atoms with Crippen molar-refractivity contribution >= 4 is 23.5 Å². The van der Waals surface area contributed by atoms with Gasteiger partial charge >= 0.3 is 0 Å². The summed E-state index contributed by atoms with van der Waals surface area (Å²) >= 11 is 0. The summed E-state index contributed by atoms with van der Waals surface area (Å²) in [5.74, 6) is -0.441. The van der Waals surface area contributed by atoms with Gasteiger partial charge in [0.1, 0.15) is 17.4 Å². The summed E-state index contributed by atoms with van der Waals surface area (Å²) in [6.07, 6.45) is 4.78. The van der Waals surface area contributed by atoms with Crippen LogP contribution >= 0.6 is 0 Å². The van der Waals surface area contributed by atoms with Crippen molar-refractivity contribution in [2.45, 2.75) is 51.6 Å². The minimum absolute atomic E-state index is 0.00692. The molecule has 1 heterocycles. The summed E-state index contributed by atoms with van der Waals surface area (Å²) < 4.78 is 19.2. The number of amides is 1. The molecule has 1 aromatic heterocycles. The van der Waals surface area contributed by atoms with Crippen molar-refractivity contribution in [3.63, 3.8) is 0 Å². The minimum Gasteiger partial charge on any atom is -0.496 e. The van der Waals surface area contributed by atoms with Gasteiger partial charge in [0, 0.05) is 25.2 Å². The number of aromatic nitrogens is 2. The van der Waals surface area contributed by atoms with E-state index >= 15 is 0 Å². The van der Waals surface area contributed by atoms with Gasteiger partial charge in [-0.25, -0.2) is 9.37 Å². The van der Waals surface area contributed by atoms with Crippen LogP contribution in [0.15, 0.2) is 18.3 Å². The summed E-state index contributed by atoms with van der Waals surface area (Å²) in [4.78, 5) is 32.5. The van der Waals surface area contributed by atoms with Crippen LogP contribution in [0.25, 0.3) is 0 Å². The molecule has 0 atom stereocenters. The Kier molecular flexibility index (Phi) is 6.49. The predicted octanol–water partition coefficient (Wildman–Crippen LogP) is 2.61. The highest BCUT2D eigenvalue weighted by atomic mass is 19.1. The first-order chi connectivity index (χ1) is 14.3. The van der Waals surface area contributed by atoms with Crippen LogP contribution in [0.5, 0.6) is 5.75 Å². The molecule has 3 rings (SSSR count). The maximum atomic E-state index is 14.0. The molecule has 0 bridgehead atoms. The van der Waals surface area contributed by atoms with Crippen LogP contribution in [-0.4, -0.2) is 40.9 Å². The highest BCUT2D eigenvalue weighted by Crippen LogP contribution is 2.27. The van der Waals surface area contributed by atoms with Gasteiger partial charge in [0.05, 0.1) is 18.2 Å². The van der Waals surface area contributed by atoms with Gasteiger partial charge in [-0.2, -0.15) is 4.98 Å². The average Bonchev–Trinajstić information content (AvgIpc) is 2.70. The lowest BCUT2D eigenvalue weighted by Gasteiger charge is -2.29. The highest BCUT2D eigenvalue weighted by molar-refractivity contribution is 6.13. The predicted molar refractivity (Wildman–Crippen MR) is 111 cm³/mol. The topological polar surface area (TPSA) is 119 Å². The number of carbonyl (C=O) groups excluding carboxylic acids is 2. The SMILES string of the molecule is COc1cc(C)c(F)cc1C(=O)c1cnc(NC2CCC(NC(C)=O)CC2)nc1N. The largest absolute Gasteiger partial charge is 0.496 e. The number of anilines is 2. The monoisotopic (exact) mass is 415 g/mol. The van der Waals surface area contributed by atoms with E-state index in [0.29, 0.717) is 11.5 Å². The quantitative estimate of drug-likeness (QED) is 0.621. The van der Waals surface area contributed by atoms with E-state index < -0.39 is 11.6 Å². The molecule has 0 unspecified atom stereocenters. The molecule has 9 heteroatoms. The second-order valence-corrected chi connectivity index (χ2v) is 7.52. The Bertz CT molecular complexity index is 958. The fourth-order valence-corrected chi connectivity index (χ4v) is 3.64. The summed E-state index contributed by atoms with van der Waals surface area (Å²) in [6, 6.07) is 2.95. The first-order valence-electron chi connectivity index (χ1n) is 9.83. The fourth-order valence-electron chi connectivity index (χ4n) is 3.64. The standard InChI is InChI=1S/C21H26FN5O3/c1-11-8-18(30-3)15(9-17(11)22)19(29)16-10-24-21(27-20(16)23)26-14-6-4-13(5-7-14)25-12(2)28/h8-10,13-14H,4-7H2,1-3H3,(H,25,28)(H3,23,24,26,27). The Labute approximate surface area is 174 Å². The van der Waals surface area contributed by atoms with Gasteiger partial charge in [0.2, 0.25) is 17.6 Å². The molecule has 1 fully saturated rings. The zero-order valence-electron chi connectivity index (χ0n) is 17.3. The summed E-state index contributed by atoms with van der Waals surface area (Å²) in [5.41, 5.74) is 6.53. The van der Waals surface area contributed by atoms with Crippen LogP contribution in [0.4, 0.5) is 16.2 Å². The third-order valence-corrected chi connectivity index (χ3v) is 5.26. The number of nitrogens with zero attached hydrogens (tertiary/aromatic N) is 2. The molecule has 0 aliphatic heterocycles. The van der Waals surface area contributed by atoms with Crippen molar-refractivity contribution in [1.82, 2.24) is 15.3 Å².